The van der Waals surface area contributed by atoms with Gasteiger partial charge >= 0.3 is 0 Å². The number of nitrogens with one attached hydrogen (secondary N) is 1. The fraction of sp³-hybridized carbons (Fsp3) is 0.500. The zero-order valence-corrected chi connectivity index (χ0v) is 8.99. The number of hydrogen-bond acceptors (Lipinski definition) is 4. The summed E-state index contributed by atoms with van der Waals surface area (Å²) in [5, 5.41) is 4.32. The smallest absolute Gasteiger partial charge is 0.171 e. The van der Waals surface area contributed by atoms with Gasteiger partial charge in [0.05, 0.1) is 15.6 Å². The molecule has 1 heterocycles. The van der Waals surface area contributed by atoms with Gasteiger partial charge in [-0.3, -0.25) is 4.79 Å². The zero-order chi connectivity index (χ0) is 10.1. The quantitative estimate of drug-likeness (QED) is 0.750. The largest absolute Gasteiger partial charge is 0.397 e. The molecule has 0 radical (unpaired) electrons. The van der Waals surface area contributed by atoms with Crippen LogP contribution in [0.3, 0.4) is 0 Å². The lowest BCUT2D eigenvalue weighted by Gasteiger charge is -1.99. The molecule has 0 saturated heterocycles. The van der Waals surface area contributed by atoms with Crippen LogP contribution in [0.5, 0.6) is 0 Å². The first-order valence-electron chi connectivity index (χ1n) is 4.81. The Morgan fingerprint density at radius 1 is 1.71 bits per heavy atom. The first-order valence-corrected chi connectivity index (χ1v) is 5.62. The van der Waals surface area contributed by atoms with Crippen LogP contribution in [0.25, 0.3) is 0 Å². The molecule has 0 spiro atoms. The van der Waals surface area contributed by atoms with E-state index in [1.54, 1.807) is 6.92 Å². The van der Waals surface area contributed by atoms with E-state index >= 15 is 0 Å². The second-order valence-corrected chi connectivity index (χ2v) is 4.83. The van der Waals surface area contributed by atoms with Crippen LogP contribution in [0, 0.1) is 5.92 Å². The molecular formula is C10H14N2OS. The van der Waals surface area contributed by atoms with Crippen LogP contribution < -0.4 is 11.1 Å². The van der Waals surface area contributed by atoms with E-state index in [4.69, 9.17) is 5.73 Å². The maximum Gasteiger partial charge on any atom is 0.171 e. The Morgan fingerprint density at radius 2 is 2.43 bits per heavy atom. The van der Waals surface area contributed by atoms with Crippen molar-refractivity contribution in [2.45, 2.75) is 19.8 Å². The Kier molecular flexibility index (Phi) is 2.46. The van der Waals surface area contributed by atoms with Gasteiger partial charge in [0.25, 0.3) is 0 Å². The van der Waals surface area contributed by atoms with Gasteiger partial charge in [0.15, 0.2) is 5.78 Å². The molecule has 1 fully saturated rings. The highest BCUT2D eigenvalue weighted by molar-refractivity contribution is 7.18. The molecule has 76 valence electrons. The highest BCUT2D eigenvalue weighted by Gasteiger charge is 2.21. The minimum absolute atomic E-state index is 0.0481. The molecule has 1 saturated carbocycles. The highest BCUT2D eigenvalue weighted by Crippen LogP contribution is 2.32. The van der Waals surface area contributed by atoms with Gasteiger partial charge in [-0.15, -0.1) is 11.3 Å². The fourth-order valence-electron chi connectivity index (χ4n) is 1.33. The van der Waals surface area contributed by atoms with Gasteiger partial charge < -0.3 is 11.1 Å². The topological polar surface area (TPSA) is 55.1 Å². The molecule has 14 heavy (non-hydrogen) atoms. The molecule has 1 aliphatic carbocycles. The molecule has 4 heteroatoms. The van der Waals surface area contributed by atoms with Crippen molar-refractivity contribution in [3.63, 3.8) is 0 Å². The summed E-state index contributed by atoms with van der Waals surface area (Å²) in [5.41, 5.74) is 6.31. The van der Waals surface area contributed by atoms with Gasteiger partial charge in [-0.2, -0.15) is 0 Å². The normalized spacial score (nSPS) is 15.5. The van der Waals surface area contributed by atoms with Crippen molar-refractivity contribution >= 4 is 27.8 Å². The van der Waals surface area contributed by atoms with Crippen LogP contribution >= 0.6 is 11.3 Å². The van der Waals surface area contributed by atoms with E-state index in [9.17, 15) is 4.79 Å². The summed E-state index contributed by atoms with van der Waals surface area (Å²) in [7, 11) is 0. The average Bonchev–Trinajstić information content (AvgIpc) is 2.86. The molecule has 1 aromatic heterocycles. The SMILES string of the molecule is CC(=O)c1sc(NCC2CC2)cc1N. The lowest BCUT2D eigenvalue weighted by Crippen LogP contribution is -2.00. The van der Waals surface area contributed by atoms with E-state index in [1.165, 1.54) is 24.2 Å². The number of nitrogen functional groups attached to an aromatic ring is 1. The van der Waals surface area contributed by atoms with Crippen LogP contribution in [0.2, 0.25) is 0 Å². The average molecular weight is 210 g/mol. The molecule has 1 aliphatic rings. The first-order chi connectivity index (χ1) is 6.66. The molecule has 0 amide bonds. The summed E-state index contributed by atoms with van der Waals surface area (Å²) in [4.78, 5) is 11.8. The lowest BCUT2D eigenvalue weighted by atomic mass is 10.3. The molecule has 3 nitrogen and oxygen atoms in total. The molecule has 0 aromatic carbocycles. The van der Waals surface area contributed by atoms with Crippen molar-refractivity contribution in [1.82, 2.24) is 0 Å². The van der Waals surface area contributed by atoms with Crippen molar-refractivity contribution in [2.75, 3.05) is 17.6 Å². The van der Waals surface area contributed by atoms with Gasteiger partial charge in [0, 0.05) is 13.5 Å². The van der Waals surface area contributed by atoms with Crippen LogP contribution in [0.15, 0.2) is 6.07 Å². The van der Waals surface area contributed by atoms with E-state index in [0.29, 0.717) is 10.6 Å². The van der Waals surface area contributed by atoms with E-state index < -0.39 is 0 Å². The number of nitrogens with two attached hydrogens (primary N) is 1. The van der Waals surface area contributed by atoms with Crippen molar-refractivity contribution in [3.8, 4) is 0 Å². The standard InChI is InChI=1S/C10H14N2OS/c1-6(13)10-8(11)4-9(14-10)12-5-7-2-3-7/h4,7,12H,2-3,5,11H2,1H3. The number of ketones is 1. The predicted molar refractivity (Wildman–Crippen MR) is 59.9 cm³/mol. The highest BCUT2D eigenvalue weighted by atomic mass is 32.1. The molecule has 0 unspecified atom stereocenters. The third-order valence-electron chi connectivity index (χ3n) is 2.34. The van der Waals surface area contributed by atoms with E-state index in [1.807, 2.05) is 6.07 Å². The number of rotatable bonds is 4. The van der Waals surface area contributed by atoms with Crippen molar-refractivity contribution in [1.29, 1.82) is 0 Å². The van der Waals surface area contributed by atoms with Gasteiger partial charge in [-0.1, -0.05) is 0 Å². The number of carbonyl (C=O) groups is 1. The Morgan fingerprint density at radius 3 is 2.93 bits per heavy atom. The molecule has 1 aromatic rings. The molecule has 0 atom stereocenters. The molecule has 0 bridgehead atoms. The predicted octanol–water partition coefficient (Wildman–Crippen LogP) is 2.35. The molecule has 3 N–H and O–H groups in total. The summed E-state index contributed by atoms with van der Waals surface area (Å²) in [6, 6.07) is 1.85. The summed E-state index contributed by atoms with van der Waals surface area (Å²) in [5.74, 6) is 0.881. The van der Waals surface area contributed by atoms with Crippen LogP contribution in [0.1, 0.15) is 29.4 Å². The molecule has 2 rings (SSSR count). The lowest BCUT2D eigenvalue weighted by molar-refractivity contribution is 0.102. The van der Waals surface area contributed by atoms with Crippen LogP contribution in [-0.2, 0) is 0 Å². The Labute approximate surface area is 87.3 Å². The minimum atomic E-state index is 0.0481. The van der Waals surface area contributed by atoms with Crippen molar-refractivity contribution < 1.29 is 4.79 Å². The van der Waals surface area contributed by atoms with E-state index in [-0.39, 0.29) is 5.78 Å². The number of thiophene rings is 1. The third-order valence-corrected chi connectivity index (χ3v) is 3.55. The van der Waals surface area contributed by atoms with Crippen molar-refractivity contribution in [3.05, 3.63) is 10.9 Å². The van der Waals surface area contributed by atoms with E-state index in [2.05, 4.69) is 5.32 Å². The number of carbonyl (C=O) groups excluding carboxylic acids is 1. The summed E-state index contributed by atoms with van der Waals surface area (Å²) in [6.45, 7) is 2.56. The number of hydrogen-bond donors (Lipinski definition) is 2. The second kappa shape index (κ2) is 3.61. The first kappa shape index (κ1) is 9.52. The van der Waals surface area contributed by atoms with Crippen LogP contribution in [-0.4, -0.2) is 12.3 Å². The summed E-state index contributed by atoms with van der Waals surface area (Å²) < 4.78 is 0. The monoisotopic (exact) mass is 210 g/mol. The van der Waals surface area contributed by atoms with Crippen molar-refractivity contribution in [2.24, 2.45) is 5.92 Å². The van der Waals surface area contributed by atoms with Gasteiger partial charge in [0.1, 0.15) is 0 Å². The molecule has 0 aliphatic heterocycles. The Hall–Kier alpha value is -1.03. The Balaban J connectivity index is 2.02. The third kappa shape index (κ3) is 2.07. The summed E-state index contributed by atoms with van der Waals surface area (Å²) in [6.07, 6.45) is 2.65. The minimum Gasteiger partial charge on any atom is -0.397 e. The number of Topliss-reactive ketones (excluding diaryl/α,β-unsaturated/α-hetero) is 1. The van der Waals surface area contributed by atoms with Gasteiger partial charge in [-0.25, -0.2) is 0 Å². The second-order valence-electron chi connectivity index (χ2n) is 3.78. The van der Waals surface area contributed by atoms with E-state index in [0.717, 1.165) is 17.5 Å². The van der Waals surface area contributed by atoms with Gasteiger partial charge in [-0.05, 0) is 24.8 Å². The van der Waals surface area contributed by atoms with Gasteiger partial charge in [0.2, 0.25) is 0 Å². The molecular weight excluding hydrogens is 196 g/mol. The number of anilines is 2. The Bertz CT molecular complexity index is 355. The maximum absolute atomic E-state index is 11.1. The maximum atomic E-state index is 11.1. The zero-order valence-electron chi connectivity index (χ0n) is 8.17. The fourth-order valence-corrected chi connectivity index (χ4v) is 2.22. The summed E-state index contributed by atoms with van der Waals surface area (Å²) >= 11 is 1.45. The van der Waals surface area contributed by atoms with Crippen LogP contribution in [0.4, 0.5) is 10.7 Å².